The maximum absolute atomic E-state index is 6.20. The third-order valence-corrected chi connectivity index (χ3v) is 4.89. The molecule has 1 aromatic carbocycles. The zero-order valence-electron chi connectivity index (χ0n) is 13.4. The van der Waals surface area contributed by atoms with Crippen molar-refractivity contribution in [3.8, 4) is 5.75 Å². The molecule has 0 radical (unpaired) electrons. The Morgan fingerprint density at radius 1 is 1.10 bits per heavy atom. The predicted octanol–water partition coefficient (Wildman–Crippen LogP) is 3.36. The molecule has 0 aromatic heterocycles. The van der Waals surface area contributed by atoms with Crippen molar-refractivity contribution in [2.75, 3.05) is 31.1 Å². The van der Waals surface area contributed by atoms with Crippen molar-refractivity contribution in [2.45, 2.75) is 45.6 Å². The molecule has 1 aliphatic carbocycles. The van der Waals surface area contributed by atoms with Gasteiger partial charge in [-0.3, -0.25) is 0 Å². The van der Waals surface area contributed by atoms with Gasteiger partial charge >= 0.3 is 0 Å². The van der Waals surface area contributed by atoms with Crippen molar-refractivity contribution in [1.82, 2.24) is 5.32 Å². The summed E-state index contributed by atoms with van der Waals surface area (Å²) in [6, 6.07) is 6.61. The third-order valence-electron chi connectivity index (χ3n) is 4.89. The van der Waals surface area contributed by atoms with Crippen molar-refractivity contribution in [3.63, 3.8) is 0 Å². The fourth-order valence-corrected chi connectivity index (χ4v) is 3.50. The normalized spacial score (nSPS) is 26.7. The molecule has 0 spiro atoms. The minimum Gasteiger partial charge on any atom is -0.490 e. The maximum atomic E-state index is 6.20. The van der Waals surface area contributed by atoms with Crippen LogP contribution in [0, 0.1) is 12.8 Å². The van der Waals surface area contributed by atoms with Crippen molar-refractivity contribution in [2.24, 2.45) is 5.92 Å². The van der Waals surface area contributed by atoms with Crippen molar-refractivity contribution in [3.05, 3.63) is 23.8 Å². The van der Waals surface area contributed by atoms with Gasteiger partial charge in [0.25, 0.3) is 0 Å². The van der Waals surface area contributed by atoms with Crippen LogP contribution in [0.15, 0.2) is 18.2 Å². The first-order valence-electron chi connectivity index (χ1n) is 8.45. The van der Waals surface area contributed by atoms with Gasteiger partial charge < -0.3 is 15.0 Å². The monoisotopic (exact) mass is 288 g/mol. The van der Waals surface area contributed by atoms with Gasteiger partial charge in [0.2, 0.25) is 0 Å². The number of nitrogens with zero attached hydrogens (tertiary/aromatic N) is 1. The van der Waals surface area contributed by atoms with Gasteiger partial charge in [-0.2, -0.15) is 0 Å². The Kier molecular flexibility index (Phi) is 4.69. The van der Waals surface area contributed by atoms with E-state index in [9.17, 15) is 0 Å². The van der Waals surface area contributed by atoms with Gasteiger partial charge in [-0.25, -0.2) is 0 Å². The van der Waals surface area contributed by atoms with E-state index in [1.807, 2.05) is 0 Å². The zero-order chi connectivity index (χ0) is 14.7. The predicted molar refractivity (Wildman–Crippen MR) is 88.3 cm³/mol. The van der Waals surface area contributed by atoms with Crippen LogP contribution in [-0.2, 0) is 0 Å². The molecule has 3 heteroatoms. The van der Waals surface area contributed by atoms with Gasteiger partial charge in [-0.1, -0.05) is 6.92 Å². The smallest absolute Gasteiger partial charge is 0.120 e. The molecule has 21 heavy (non-hydrogen) atoms. The van der Waals surface area contributed by atoms with Crippen molar-refractivity contribution in [1.29, 1.82) is 0 Å². The quantitative estimate of drug-likeness (QED) is 0.923. The summed E-state index contributed by atoms with van der Waals surface area (Å²) in [5, 5.41) is 3.41. The molecule has 0 atom stereocenters. The molecule has 0 bridgehead atoms. The van der Waals surface area contributed by atoms with Crippen LogP contribution in [0.25, 0.3) is 0 Å². The van der Waals surface area contributed by atoms with Crippen LogP contribution in [0.5, 0.6) is 5.75 Å². The Morgan fingerprint density at radius 2 is 1.81 bits per heavy atom. The summed E-state index contributed by atoms with van der Waals surface area (Å²) in [7, 11) is 0. The second kappa shape index (κ2) is 6.69. The molecule has 1 aromatic rings. The second-order valence-electron chi connectivity index (χ2n) is 6.69. The highest BCUT2D eigenvalue weighted by Crippen LogP contribution is 2.30. The Labute approximate surface area is 128 Å². The summed E-state index contributed by atoms with van der Waals surface area (Å²) < 4.78 is 6.20. The lowest BCUT2D eigenvalue weighted by molar-refractivity contribution is 0.135. The van der Waals surface area contributed by atoms with E-state index in [0.717, 1.165) is 37.8 Å². The highest BCUT2D eigenvalue weighted by atomic mass is 16.5. The molecule has 0 unspecified atom stereocenters. The Balaban J connectivity index is 1.63. The molecule has 3 nitrogen and oxygen atoms in total. The number of hydrogen-bond donors (Lipinski definition) is 1. The van der Waals surface area contributed by atoms with Gasteiger partial charge in [0.15, 0.2) is 0 Å². The number of hydrogen-bond acceptors (Lipinski definition) is 3. The number of anilines is 1. The SMILES string of the molecule is Cc1cc(OC2CCC(C)CC2)ccc1N1CCNCC1. The fraction of sp³-hybridized carbons (Fsp3) is 0.667. The third kappa shape index (κ3) is 3.70. The van der Waals surface area contributed by atoms with Gasteiger partial charge in [-0.05, 0) is 62.3 Å². The van der Waals surface area contributed by atoms with Crippen LogP contribution in [0.2, 0.25) is 0 Å². The maximum Gasteiger partial charge on any atom is 0.120 e. The topological polar surface area (TPSA) is 24.5 Å². The first-order chi connectivity index (χ1) is 10.2. The summed E-state index contributed by atoms with van der Waals surface area (Å²) in [6.07, 6.45) is 5.45. The van der Waals surface area contributed by atoms with Gasteiger partial charge in [0.05, 0.1) is 6.10 Å². The summed E-state index contributed by atoms with van der Waals surface area (Å²) in [5.74, 6) is 1.92. The van der Waals surface area contributed by atoms with Crippen molar-refractivity contribution >= 4 is 5.69 Å². The number of aryl methyl sites for hydroxylation is 1. The van der Waals surface area contributed by atoms with Gasteiger partial charge in [-0.15, -0.1) is 0 Å². The number of benzene rings is 1. The Morgan fingerprint density at radius 3 is 2.48 bits per heavy atom. The molecule has 2 aliphatic rings. The molecule has 1 saturated carbocycles. The van der Waals surface area contributed by atoms with Crippen LogP contribution < -0.4 is 15.0 Å². The highest BCUT2D eigenvalue weighted by Gasteiger charge is 2.20. The standard InChI is InChI=1S/C18H28N2O/c1-14-3-5-16(6-4-14)21-17-7-8-18(15(2)13-17)20-11-9-19-10-12-20/h7-8,13-14,16,19H,3-6,9-12H2,1-2H3. The highest BCUT2D eigenvalue weighted by molar-refractivity contribution is 5.56. The molecule has 2 fully saturated rings. The molecule has 0 amide bonds. The molecule has 116 valence electrons. The van der Waals surface area contributed by atoms with E-state index < -0.39 is 0 Å². The van der Waals surface area contributed by atoms with E-state index in [0.29, 0.717) is 6.10 Å². The van der Waals surface area contributed by atoms with Gasteiger partial charge in [0, 0.05) is 31.9 Å². The van der Waals surface area contributed by atoms with Crippen LogP contribution in [0.3, 0.4) is 0 Å². The molecule has 1 aliphatic heterocycles. The Bertz CT molecular complexity index is 460. The number of rotatable bonds is 3. The van der Waals surface area contributed by atoms with E-state index in [-0.39, 0.29) is 0 Å². The number of ether oxygens (including phenoxy) is 1. The largest absolute Gasteiger partial charge is 0.490 e. The average molecular weight is 288 g/mol. The first kappa shape index (κ1) is 14.7. The molecule has 1 N–H and O–H groups in total. The lowest BCUT2D eigenvalue weighted by atomic mass is 9.89. The van der Waals surface area contributed by atoms with Crippen LogP contribution in [-0.4, -0.2) is 32.3 Å². The number of piperazine rings is 1. The average Bonchev–Trinajstić information content (AvgIpc) is 2.51. The molecule has 3 rings (SSSR count). The van der Waals surface area contributed by atoms with E-state index >= 15 is 0 Å². The minimum atomic E-state index is 0.422. The summed E-state index contributed by atoms with van der Waals surface area (Å²) in [4.78, 5) is 2.47. The lowest BCUT2D eigenvalue weighted by Gasteiger charge is -2.31. The number of nitrogens with one attached hydrogen (secondary N) is 1. The lowest BCUT2D eigenvalue weighted by Crippen LogP contribution is -2.43. The van der Waals surface area contributed by atoms with Crippen LogP contribution in [0.4, 0.5) is 5.69 Å². The van der Waals surface area contributed by atoms with Crippen molar-refractivity contribution < 1.29 is 4.74 Å². The molecule has 1 saturated heterocycles. The first-order valence-corrected chi connectivity index (χ1v) is 8.45. The summed E-state index contributed by atoms with van der Waals surface area (Å²) in [6.45, 7) is 8.91. The van der Waals surface area contributed by atoms with E-state index in [4.69, 9.17) is 4.74 Å². The second-order valence-corrected chi connectivity index (χ2v) is 6.69. The summed E-state index contributed by atoms with van der Waals surface area (Å²) >= 11 is 0. The Hall–Kier alpha value is -1.22. The fourth-order valence-electron chi connectivity index (χ4n) is 3.50. The van der Waals surface area contributed by atoms with Crippen LogP contribution in [0.1, 0.15) is 38.2 Å². The minimum absolute atomic E-state index is 0.422. The van der Waals surface area contributed by atoms with E-state index in [1.54, 1.807) is 0 Å². The molecular formula is C18H28N2O. The van der Waals surface area contributed by atoms with Gasteiger partial charge in [0.1, 0.15) is 5.75 Å². The van der Waals surface area contributed by atoms with Crippen LogP contribution >= 0.6 is 0 Å². The van der Waals surface area contributed by atoms with E-state index in [1.165, 1.54) is 36.9 Å². The zero-order valence-corrected chi connectivity index (χ0v) is 13.4. The summed E-state index contributed by atoms with van der Waals surface area (Å²) in [5.41, 5.74) is 2.69. The van der Waals surface area contributed by atoms with E-state index in [2.05, 4.69) is 42.3 Å². The molecular weight excluding hydrogens is 260 g/mol. The molecule has 1 heterocycles.